The molecule has 0 unspecified atom stereocenters. The topological polar surface area (TPSA) is 101 Å². The van der Waals surface area contributed by atoms with Crippen molar-refractivity contribution in [1.82, 2.24) is 10.2 Å². The van der Waals surface area contributed by atoms with Crippen molar-refractivity contribution in [3.05, 3.63) is 22.5 Å². The van der Waals surface area contributed by atoms with Crippen molar-refractivity contribution in [3.63, 3.8) is 0 Å². The molecule has 0 aromatic carbocycles. The molecular weight excluding hydrogens is 232 g/mol. The van der Waals surface area contributed by atoms with Gasteiger partial charge in [-0.2, -0.15) is 5.10 Å². The van der Waals surface area contributed by atoms with Crippen LogP contribution in [0.2, 0.25) is 0 Å². The molecule has 18 heavy (non-hydrogen) atoms. The van der Waals surface area contributed by atoms with Crippen molar-refractivity contribution in [2.24, 2.45) is 11.1 Å². The van der Waals surface area contributed by atoms with Crippen molar-refractivity contribution in [3.8, 4) is 0 Å². The van der Waals surface area contributed by atoms with Crippen molar-refractivity contribution in [2.75, 3.05) is 11.9 Å². The first-order valence-electron chi connectivity index (χ1n) is 6.24. The summed E-state index contributed by atoms with van der Waals surface area (Å²) in [5.74, 6) is 0.266. The fraction of sp³-hybridized carbons (Fsp3) is 0.583. The van der Waals surface area contributed by atoms with E-state index in [0.29, 0.717) is 12.4 Å². The third-order valence-corrected chi connectivity index (χ3v) is 3.60. The normalized spacial score (nSPS) is 18.3. The number of rotatable bonds is 3. The highest BCUT2D eigenvalue weighted by molar-refractivity contribution is 5.94. The molecule has 1 aromatic heterocycles. The van der Waals surface area contributed by atoms with Crippen molar-refractivity contribution < 1.29 is 4.79 Å². The molecule has 1 fully saturated rings. The first kappa shape index (κ1) is 12.8. The molecule has 4 N–H and O–H groups in total. The zero-order chi connectivity index (χ0) is 13.0. The maximum absolute atomic E-state index is 12.3. The van der Waals surface area contributed by atoms with Gasteiger partial charge in [0.1, 0.15) is 0 Å². The standard InChI is InChI=1S/C12H18N4O2/c13-8-12(6-2-1-3-7-12)11(18)14-9-4-5-10(17)16-15-9/h4-5H,1-3,6-8,13H2,(H,16,17)(H,14,15,18). The second kappa shape index (κ2) is 5.30. The zero-order valence-corrected chi connectivity index (χ0v) is 10.2. The highest BCUT2D eigenvalue weighted by atomic mass is 16.2. The first-order valence-corrected chi connectivity index (χ1v) is 6.24. The molecule has 0 radical (unpaired) electrons. The van der Waals surface area contributed by atoms with Gasteiger partial charge in [0.05, 0.1) is 5.41 Å². The minimum atomic E-state index is -0.476. The molecular formula is C12H18N4O2. The molecule has 1 amide bonds. The molecule has 6 heteroatoms. The number of aromatic amines is 1. The highest BCUT2D eigenvalue weighted by Crippen LogP contribution is 2.36. The minimum absolute atomic E-state index is 0.0933. The molecule has 0 aliphatic heterocycles. The molecule has 0 spiro atoms. The van der Waals surface area contributed by atoms with Crippen LogP contribution >= 0.6 is 0 Å². The van der Waals surface area contributed by atoms with E-state index in [2.05, 4.69) is 15.5 Å². The van der Waals surface area contributed by atoms with E-state index in [-0.39, 0.29) is 11.5 Å². The van der Waals surface area contributed by atoms with Gasteiger partial charge in [0.2, 0.25) is 5.91 Å². The van der Waals surface area contributed by atoms with Gasteiger partial charge in [0, 0.05) is 12.6 Å². The van der Waals surface area contributed by atoms with Gasteiger partial charge < -0.3 is 11.1 Å². The number of nitrogens with one attached hydrogen (secondary N) is 2. The first-order chi connectivity index (χ1) is 8.66. The third kappa shape index (κ3) is 2.59. The van der Waals surface area contributed by atoms with E-state index in [1.54, 1.807) is 0 Å². The molecule has 1 saturated carbocycles. The quantitative estimate of drug-likeness (QED) is 0.731. The Bertz CT molecular complexity index is 457. The van der Waals surface area contributed by atoms with Gasteiger partial charge in [0.25, 0.3) is 5.56 Å². The lowest BCUT2D eigenvalue weighted by molar-refractivity contribution is -0.126. The van der Waals surface area contributed by atoms with Gasteiger partial charge in [-0.15, -0.1) is 0 Å². The summed E-state index contributed by atoms with van der Waals surface area (Å²) in [6, 6.07) is 2.82. The summed E-state index contributed by atoms with van der Waals surface area (Å²) >= 11 is 0. The number of hydrogen-bond donors (Lipinski definition) is 3. The Kier molecular flexibility index (Phi) is 3.76. The smallest absolute Gasteiger partial charge is 0.264 e. The number of anilines is 1. The molecule has 6 nitrogen and oxygen atoms in total. The average molecular weight is 250 g/mol. The summed E-state index contributed by atoms with van der Waals surface area (Å²) < 4.78 is 0. The average Bonchev–Trinajstić information content (AvgIpc) is 2.42. The summed E-state index contributed by atoms with van der Waals surface area (Å²) in [5, 5.41) is 8.79. The van der Waals surface area contributed by atoms with Crippen LogP contribution in [0.15, 0.2) is 16.9 Å². The molecule has 98 valence electrons. The fourth-order valence-corrected chi connectivity index (χ4v) is 2.42. The van der Waals surface area contributed by atoms with Gasteiger partial charge in [0.15, 0.2) is 5.82 Å². The largest absolute Gasteiger partial charge is 0.329 e. The van der Waals surface area contributed by atoms with Crippen LogP contribution in [-0.4, -0.2) is 22.6 Å². The van der Waals surface area contributed by atoms with Crippen LogP contribution in [0.4, 0.5) is 5.82 Å². The second-order valence-electron chi connectivity index (χ2n) is 4.81. The monoisotopic (exact) mass is 250 g/mol. The van der Waals surface area contributed by atoms with Crippen molar-refractivity contribution in [2.45, 2.75) is 32.1 Å². The van der Waals surface area contributed by atoms with Gasteiger partial charge >= 0.3 is 0 Å². The lowest BCUT2D eigenvalue weighted by Gasteiger charge is -2.34. The lowest BCUT2D eigenvalue weighted by Crippen LogP contribution is -2.44. The minimum Gasteiger partial charge on any atom is -0.329 e. The number of carbonyl (C=O) groups excluding carboxylic acids is 1. The number of amides is 1. The van der Waals surface area contributed by atoms with E-state index in [1.165, 1.54) is 12.1 Å². The maximum atomic E-state index is 12.3. The predicted octanol–water partition coefficient (Wildman–Crippen LogP) is 0.618. The van der Waals surface area contributed by atoms with E-state index in [0.717, 1.165) is 32.1 Å². The fourth-order valence-electron chi connectivity index (χ4n) is 2.42. The summed E-state index contributed by atoms with van der Waals surface area (Å²) in [6.45, 7) is 0.349. The van der Waals surface area contributed by atoms with Gasteiger partial charge in [-0.3, -0.25) is 9.59 Å². The molecule has 0 atom stereocenters. The molecule has 0 saturated heterocycles. The molecule has 0 bridgehead atoms. The molecule has 1 aliphatic carbocycles. The van der Waals surface area contributed by atoms with Crippen LogP contribution in [-0.2, 0) is 4.79 Å². The number of aromatic nitrogens is 2. The van der Waals surface area contributed by atoms with Crippen molar-refractivity contribution in [1.29, 1.82) is 0 Å². The van der Waals surface area contributed by atoms with Crippen LogP contribution < -0.4 is 16.6 Å². The predicted molar refractivity (Wildman–Crippen MR) is 68.1 cm³/mol. The van der Waals surface area contributed by atoms with Crippen LogP contribution in [0.3, 0.4) is 0 Å². The molecule has 1 aromatic rings. The van der Waals surface area contributed by atoms with Gasteiger partial charge in [-0.25, -0.2) is 5.10 Å². The second-order valence-corrected chi connectivity index (χ2v) is 4.81. The van der Waals surface area contributed by atoms with E-state index in [9.17, 15) is 9.59 Å². The van der Waals surface area contributed by atoms with Crippen LogP contribution in [0.1, 0.15) is 32.1 Å². The maximum Gasteiger partial charge on any atom is 0.264 e. The number of H-pyrrole nitrogens is 1. The Morgan fingerprint density at radius 3 is 2.67 bits per heavy atom. The number of nitrogens with two attached hydrogens (primary N) is 1. The van der Waals surface area contributed by atoms with Crippen LogP contribution in [0.25, 0.3) is 0 Å². The Morgan fingerprint density at radius 2 is 2.11 bits per heavy atom. The van der Waals surface area contributed by atoms with Gasteiger partial charge in [-0.05, 0) is 18.9 Å². The van der Waals surface area contributed by atoms with E-state index in [4.69, 9.17) is 5.73 Å². The van der Waals surface area contributed by atoms with Crippen LogP contribution in [0, 0.1) is 5.41 Å². The van der Waals surface area contributed by atoms with Crippen LogP contribution in [0.5, 0.6) is 0 Å². The van der Waals surface area contributed by atoms with E-state index < -0.39 is 5.41 Å². The highest BCUT2D eigenvalue weighted by Gasteiger charge is 2.38. The summed E-state index contributed by atoms with van der Waals surface area (Å²) in [6.07, 6.45) is 4.86. The van der Waals surface area contributed by atoms with Gasteiger partial charge in [-0.1, -0.05) is 19.3 Å². The Labute approximate surface area is 105 Å². The molecule has 2 rings (SSSR count). The SMILES string of the molecule is NCC1(C(=O)Nc2ccc(=O)[nH]n2)CCCCC1. The number of hydrogen-bond acceptors (Lipinski definition) is 4. The van der Waals surface area contributed by atoms with E-state index >= 15 is 0 Å². The lowest BCUT2D eigenvalue weighted by atomic mass is 9.73. The summed E-state index contributed by atoms with van der Waals surface area (Å²) in [5.41, 5.74) is 5.01. The Morgan fingerprint density at radius 1 is 1.39 bits per heavy atom. The Hall–Kier alpha value is -1.69. The van der Waals surface area contributed by atoms with E-state index in [1.807, 2.05) is 0 Å². The molecule has 1 aliphatic rings. The number of nitrogens with zero attached hydrogens (tertiary/aromatic N) is 1. The third-order valence-electron chi connectivity index (χ3n) is 3.60. The molecule has 1 heterocycles. The summed E-state index contributed by atoms with van der Waals surface area (Å²) in [4.78, 5) is 23.2. The Balaban J connectivity index is 2.10. The number of carbonyl (C=O) groups is 1. The summed E-state index contributed by atoms with van der Waals surface area (Å²) in [7, 11) is 0. The van der Waals surface area contributed by atoms with Crippen molar-refractivity contribution >= 4 is 11.7 Å². The zero-order valence-electron chi connectivity index (χ0n) is 10.2.